The molecule has 0 saturated carbocycles. The van der Waals surface area contributed by atoms with Crippen LogP contribution in [0.4, 0.5) is 36.3 Å². The molecule has 0 bridgehead atoms. The average molecular weight is 435 g/mol. The van der Waals surface area contributed by atoms with Gasteiger partial charge in [0.05, 0.1) is 0 Å². The summed E-state index contributed by atoms with van der Waals surface area (Å²) in [4.78, 5) is 11.3. The Bertz CT molecular complexity index is 1000. The third kappa shape index (κ3) is 4.67. The van der Waals surface area contributed by atoms with E-state index in [2.05, 4.69) is 23.8 Å². The molecule has 0 spiro atoms. The molecule has 0 fully saturated rings. The van der Waals surface area contributed by atoms with Crippen molar-refractivity contribution in [1.82, 2.24) is 9.97 Å². The zero-order chi connectivity index (χ0) is 22.1. The summed E-state index contributed by atoms with van der Waals surface area (Å²) in [5, 5.41) is 0.496. The maximum atomic E-state index is 13.6. The second-order valence-electron chi connectivity index (χ2n) is 7.25. The Morgan fingerprint density at radius 2 is 1.40 bits per heavy atom. The third-order valence-corrected chi connectivity index (χ3v) is 5.09. The fourth-order valence-electron chi connectivity index (χ4n) is 2.97. The van der Waals surface area contributed by atoms with Gasteiger partial charge < -0.3 is 9.80 Å². The summed E-state index contributed by atoms with van der Waals surface area (Å²) in [7, 11) is 3.25. The molecule has 0 aliphatic heterocycles. The van der Waals surface area contributed by atoms with E-state index in [0.29, 0.717) is 16.6 Å². The van der Waals surface area contributed by atoms with Gasteiger partial charge in [-0.25, -0.2) is 4.98 Å². The van der Waals surface area contributed by atoms with E-state index in [0.717, 1.165) is 11.9 Å². The molecule has 0 N–H and O–H groups in total. The molecule has 0 radical (unpaired) electrons. The van der Waals surface area contributed by atoms with Crippen molar-refractivity contribution in [1.29, 1.82) is 0 Å². The predicted octanol–water partition coefficient (Wildman–Crippen LogP) is 6.81. The number of anilines is 4. The lowest BCUT2D eigenvalue weighted by Crippen LogP contribution is -2.21. The first-order valence-electron chi connectivity index (χ1n) is 9.35. The first-order chi connectivity index (χ1) is 14.1. The van der Waals surface area contributed by atoms with Crippen molar-refractivity contribution < 1.29 is 13.2 Å². The van der Waals surface area contributed by atoms with Gasteiger partial charge in [0.1, 0.15) is 5.56 Å². The van der Waals surface area contributed by atoms with E-state index in [-0.39, 0.29) is 11.8 Å². The summed E-state index contributed by atoms with van der Waals surface area (Å²) in [5.41, 5.74) is 1.56. The Morgan fingerprint density at radius 3 is 1.93 bits per heavy atom. The monoisotopic (exact) mass is 434 g/mol. The van der Waals surface area contributed by atoms with Crippen LogP contribution >= 0.6 is 11.6 Å². The maximum Gasteiger partial charge on any atom is 0.421 e. The van der Waals surface area contributed by atoms with Gasteiger partial charge in [-0.2, -0.15) is 18.2 Å². The van der Waals surface area contributed by atoms with Gasteiger partial charge in [-0.3, -0.25) is 0 Å². The van der Waals surface area contributed by atoms with Crippen LogP contribution in [0.1, 0.15) is 30.9 Å². The molecule has 30 heavy (non-hydrogen) atoms. The summed E-state index contributed by atoms with van der Waals surface area (Å²) in [6.07, 6.45) is -3.77. The van der Waals surface area contributed by atoms with Crippen LogP contribution in [0, 0.1) is 0 Å². The topological polar surface area (TPSA) is 32.3 Å². The molecule has 0 aliphatic rings. The van der Waals surface area contributed by atoms with Gasteiger partial charge in [0.25, 0.3) is 0 Å². The third-order valence-electron chi connectivity index (χ3n) is 4.84. The van der Waals surface area contributed by atoms with Crippen LogP contribution in [0.5, 0.6) is 0 Å². The summed E-state index contributed by atoms with van der Waals surface area (Å²) in [6.45, 7) is 4.19. The van der Waals surface area contributed by atoms with Gasteiger partial charge in [-0.15, -0.1) is 0 Å². The van der Waals surface area contributed by atoms with Gasteiger partial charge in [0, 0.05) is 36.7 Å². The lowest BCUT2D eigenvalue weighted by atomic mass is 10.0. The number of alkyl halides is 3. The lowest BCUT2D eigenvalue weighted by Gasteiger charge is -2.25. The van der Waals surface area contributed by atoms with Gasteiger partial charge >= 0.3 is 6.18 Å². The Labute approximate surface area is 178 Å². The highest BCUT2D eigenvalue weighted by molar-refractivity contribution is 6.30. The summed E-state index contributed by atoms with van der Waals surface area (Å²) < 4.78 is 40.9. The van der Waals surface area contributed by atoms with E-state index in [4.69, 9.17) is 11.6 Å². The molecule has 0 saturated heterocycles. The molecule has 0 amide bonds. The average Bonchev–Trinajstić information content (AvgIpc) is 2.72. The molecule has 1 aromatic heterocycles. The first kappa shape index (κ1) is 21.9. The molecular weight excluding hydrogens is 413 g/mol. The van der Waals surface area contributed by atoms with Crippen molar-refractivity contribution in [2.24, 2.45) is 0 Å². The zero-order valence-corrected chi connectivity index (χ0v) is 17.8. The minimum Gasteiger partial charge on any atom is -0.329 e. The van der Waals surface area contributed by atoms with Crippen LogP contribution in [0.3, 0.4) is 0 Å². The lowest BCUT2D eigenvalue weighted by molar-refractivity contribution is -0.137. The van der Waals surface area contributed by atoms with Gasteiger partial charge in [-0.05, 0) is 47.9 Å². The molecule has 2 aromatic carbocycles. The van der Waals surface area contributed by atoms with Crippen molar-refractivity contribution in [3.8, 4) is 0 Å². The fraction of sp³-hybridized carbons (Fsp3) is 0.273. The molecule has 8 heteroatoms. The summed E-state index contributed by atoms with van der Waals surface area (Å²) >= 11 is 5.90. The highest BCUT2D eigenvalue weighted by Gasteiger charge is 2.37. The van der Waals surface area contributed by atoms with Crippen LogP contribution < -0.4 is 9.80 Å². The van der Waals surface area contributed by atoms with Crippen LogP contribution in [0.15, 0.2) is 54.7 Å². The largest absolute Gasteiger partial charge is 0.421 e. The Balaban J connectivity index is 2.02. The molecule has 3 rings (SSSR count). The summed E-state index contributed by atoms with van der Waals surface area (Å²) in [6, 6.07) is 14.3. The SMILES string of the molecule is CC(C)c1ccc(N(C)c2ncc(C(F)(F)F)c(N(C)c3ccc(Cl)cc3)n2)cc1. The Kier molecular flexibility index (Phi) is 6.22. The molecule has 158 valence electrons. The van der Waals surface area contributed by atoms with E-state index >= 15 is 0 Å². The van der Waals surface area contributed by atoms with Crippen LogP contribution in [0.25, 0.3) is 0 Å². The molecule has 3 aromatic rings. The fourth-order valence-corrected chi connectivity index (χ4v) is 3.09. The van der Waals surface area contributed by atoms with Crippen molar-refractivity contribution in [2.45, 2.75) is 25.9 Å². The van der Waals surface area contributed by atoms with Gasteiger partial charge in [-0.1, -0.05) is 37.6 Å². The summed E-state index contributed by atoms with van der Waals surface area (Å²) in [5.74, 6) is 0.308. The van der Waals surface area contributed by atoms with E-state index in [1.807, 2.05) is 24.3 Å². The van der Waals surface area contributed by atoms with Gasteiger partial charge in [0.2, 0.25) is 5.95 Å². The van der Waals surface area contributed by atoms with Crippen molar-refractivity contribution in [3.63, 3.8) is 0 Å². The second-order valence-corrected chi connectivity index (χ2v) is 7.68. The minimum absolute atomic E-state index is 0.163. The Morgan fingerprint density at radius 1 is 0.867 bits per heavy atom. The van der Waals surface area contributed by atoms with Crippen LogP contribution in [-0.2, 0) is 6.18 Å². The zero-order valence-electron chi connectivity index (χ0n) is 17.1. The number of hydrogen-bond acceptors (Lipinski definition) is 4. The number of halogens is 4. The van der Waals surface area contributed by atoms with Crippen molar-refractivity contribution in [3.05, 3.63) is 70.9 Å². The van der Waals surface area contributed by atoms with E-state index < -0.39 is 11.7 Å². The number of benzene rings is 2. The van der Waals surface area contributed by atoms with E-state index in [1.165, 1.54) is 17.5 Å². The number of nitrogens with zero attached hydrogens (tertiary/aromatic N) is 4. The second kappa shape index (κ2) is 8.52. The Hall–Kier alpha value is -2.80. The molecule has 1 heterocycles. The smallest absolute Gasteiger partial charge is 0.329 e. The van der Waals surface area contributed by atoms with Crippen molar-refractivity contribution >= 4 is 34.7 Å². The normalized spacial score (nSPS) is 11.6. The predicted molar refractivity (Wildman–Crippen MR) is 115 cm³/mol. The highest BCUT2D eigenvalue weighted by Crippen LogP contribution is 2.38. The minimum atomic E-state index is -4.59. The number of hydrogen-bond donors (Lipinski definition) is 0. The quantitative estimate of drug-likeness (QED) is 0.441. The van der Waals surface area contributed by atoms with E-state index in [9.17, 15) is 13.2 Å². The molecule has 4 nitrogen and oxygen atoms in total. The molecule has 0 aliphatic carbocycles. The highest BCUT2D eigenvalue weighted by atomic mass is 35.5. The first-order valence-corrected chi connectivity index (χ1v) is 9.73. The van der Waals surface area contributed by atoms with Gasteiger partial charge in [0.15, 0.2) is 5.82 Å². The van der Waals surface area contributed by atoms with Crippen LogP contribution in [0.2, 0.25) is 5.02 Å². The van der Waals surface area contributed by atoms with Crippen molar-refractivity contribution in [2.75, 3.05) is 23.9 Å². The number of rotatable bonds is 5. The molecular formula is C22H22ClF3N4. The maximum absolute atomic E-state index is 13.6. The molecule has 0 unspecified atom stereocenters. The standard InChI is InChI=1S/C22H22ClF3N4/c1-14(2)15-5-9-18(10-6-15)30(4)21-27-13-19(22(24,25)26)20(28-21)29(3)17-11-7-16(23)8-12-17/h5-14H,1-4H3. The number of aromatic nitrogens is 2. The van der Waals surface area contributed by atoms with Crippen LogP contribution in [-0.4, -0.2) is 24.1 Å². The van der Waals surface area contributed by atoms with E-state index in [1.54, 1.807) is 36.2 Å². The molecule has 0 atom stereocenters.